The van der Waals surface area contributed by atoms with Crippen molar-refractivity contribution in [1.82, 2.24) is 9.97 Å². The molecule has 2 heterocycles. The van der Waals surface area contributed by atoms with Gasteiger partial charge in [0, 0.05) is 29.0 Å². The molecule has 7 heteroatoms. The lowest BCUT2D eigenvalue weighted by Crippen LogP contribution is -2.31. The first-order chi connectivity index (χ1) is 14.9. The number of anilines is 3. The fourth-order valence-electron chi connectivity index (χ4n) is 3.78. The number of rotatable bonds is 5. The van der Waals surface area contributed by atoms with E-state index in [1.807, 2.05) is 36.4 Å². The zero-order valence-electron chi connectivity index (χ0n) is 17.6. The van der Waals surface area contributed by atoms with Crippen LogP contribution >= 0.6 is 0 Å². The lowest BCUT2D eigenvalue weighted by molar-refractivity contribution is 0.0786. The molecular formula is C24H24FN5O. The highest BCUT2D eigenvalue weighted by Gasteiger charge is 2.22. The first kappa shape index (κ1) is 20.8. The van der Waals surface area contributed by atoms with Gasteiger partial charge < -0.3 is 15.3 Å². The number of halogens is 1. The van der Waals surface area contributed by atoms with E-state index in [4.69, 9.17) is 5.26 Å². The Labute approximate surface area is 181 Å². The van der Waals surface area contributed by atoms with E-state index in [-0.39, 0.29) is 0 Å². The van der Waals surface area contributed by atoms with E-state index in [9.17, 15) is 9.50 Å². The van der Waals surface area contributed by atoms with Crippen LogP contribution in [0.2, 0.25) is 0 Å². The van der Waals surface area contributed by atoms with Crippen LogP contribution in [0, 0.1) is 11.3 Å². The zero-order valence-corrected chi connectivity index (χ0v) is 17.6. The van der Waals surface area contributed by atoms with Crippen molar-refractivity contribution in [1.29, 1.82) is 5.26 Å². The Bertz CT molecular complexity index is 1130. The SMILES string of the molecule is CC(C)(O)c1ccc(Nc2ncnc3c2CCN(c2ccc(C#N)c(CF)c2)C3)cc1. The maximum Gasteiger partial charge on any atom is 0.137 e. The van der Waals surface area contributed by atoms with Gasteiger partial charge in [-0.05, 0) is 56.2 Å². The number of alkyl halides is 1. The quantitative estimate of drug-likeness (QED) is 0.642. The smallest absolute Gasteiger partial charge is 0.137 e. The van der Waals surface area contributed by atoms with Gasteiger partial charge in [0.2, 0.25) is 0 Å². The Morgan fingerprint density at radius 1 is 1.19 bits per heavy atom. The summed E-state index contributed by atoms with van der Waals surface area (Å²) >= 11 is 0. The van der Waals surface area contributed by atoms with Crippen molar-refractivity contribution in [3.63, 3.8) is 0 Å². The molecule has 1 aliphatic rings. The molecule has 0 aliphatic carbocycles. The monoisotopic (exact) mass is 417 g/mol. The minimum Gasteiger partial charge on any atom is -0.386 e. The largest absolute Gasteiger partial charge is 0.386 e. The van der Waals surface area contributed by atoms with Crippen molar-refractivity contribution in [3.8, 4) is 6.07 Å². The van der Waals surface area contributed by atoms with Crippen LogP contribution in [0.15, 0.2) is 48.8 Å². The van der Waals surface area contributed by atoms with Crippen molar-refractivity contribution >= 4 is 17.2 Å². The summed E-state index contributed by atoms with van der Waals surface area (Å²) in [6.45, 7) is 4.18. The number of benzene rings is 2. The van der Waals surface area contributed by atoms with E-state index in [1.165, 1.54) is 0 Å². The van der Waals surface area contributed by atoms with Crippen molar-refractivity contribution in [2.75, 3.05) is 16.8 Å². The molecule has 0 saturated carbocycles. The Morgan fingerprint density at radius 2 is 1.97 bits per heavy atom. The molecular weight excluding hydrogens is 393 g/mol. The standard InChI is InChI=1S/C24H24FN5O/c1-24(2,31)18-4-6-19(7-5-18)29-23-21-9-10-30(14-22(21)27-15-28-23)20-8-3-16(13-26)17(11-20)12-25/h3-8,11,15,31H,9-10,12,14H2,1-2H3,(H,27,28,29). The van der Waals surface area contributed by atoms with Crippen LogP contribution in [-0.2, 0) is 25.2 Å². The number of hydrogen-bond donors (Lipinski definition) is 2. The summed E-state index contributed by atoms with van der Waals surface area (Å²) < 4.78 is 13.3. The second-order valence-corrected chi connectivity index (χ2v) is 8.17. The molecule has 0 unspecified atom stereocenters. The van der Waals surface area contributed by atoms with Crippen LogP contribution in [0.4, 0.5) is 21.6 Å². The number of aliphatic hydroxyl groups is 1. The number of nitrogens with zero attached hydrogens (tertiary/aromatic N) is 4. The molecule has 3 aromatic rings. The van der Waals surface area contributed by atoms with E-state index in [2.05, 4.69) is 20.2 Å². The van der Waals surface area contributed by atoms with Crippen LogP contribution in [0.25, 0.3) is 0 Å². The van der Waals surface area contributed by atoms with Crippen molar-refractivity contribution in [2.24, 2.45) is 0 Å². The van der Waals surface area contributed by atoms with Crippen LogP contribution in [0.3, 0.4) is 0 Å². The Balaban J connectivity index is 1.55. The number of aromatic nitrogens is 2. The molecule has 0 amide bonds. The molecule has 31 heavy (non-hydrogen) atoms. The van der Waals surface area contributed by atoms with Gasteiger partial charge >= 0.3 is 0 Å². The highest BCUT2D eigenvalue weighted by atomic mass is 19.1. The predicted molar refractivity (Wildman–Crippen MR) is 118 cm³/mol. The van der Waals surface area contributed by atoms with Gasteiger partial charge in [-0.25, -0.2) is 14.4 Å². The fraction of sp³-hybridized carbons (Fsp3) is 0.292. The van der Waals surface area contributed by atoms with Gasteiger partial charge in [-0.15, -0.1) is 0 Å². The molecule has 4 rings (SSSR count). The number of hydrogen-bond acceptors (Lipinski definition) is 6. The Morgan fingerprint density at radius 3 is 2.65 bits per heavy atom. The lowest BCUT2D eigenvalue weighted by atomic mass is 9.98. The minimum absolute atomic E-state index is 0.369. The zero-order chi connectivity index (χ0) is 22.0. The molecule has 1 aliphatic heterocycles. The van der Waals surface area contributed by atoms with Crippen LogP contribution < -0.4 is 10.2 Å². The third-order valence-electron chi connectivity index (χ3n) is 5.58. The number of fused-ring (bicyclic) bond motifs is 1. The van der Waals surface area contributed by atoms with E-state index >= 15 is 0 Å². The number of nitrogens with one attached hydrogen (secondary N) is 1. The molecule has 0 radical (unpaired) electrons. The van der Waals surface area contributed by atoms with Crippen LogP contribution in [0.1, 0.15) is 41.8 Å². The maximum atomic E-state index is 13.3. The summed E-state index contributed by atoms with van der Waals surface area (Å²) in [5.41, 5.74) is 4.48. The second-order valence-electron chi connectivity index (χ2n) is 8.17. The fourth-order valence-corrected chi connectivity index (χ4v) is 3.78. The summed E-state index contributed by atoms with van der Waals surface area (Å²) in [5.74, 6) is 0.768. The molecule has 0 saturated heterocycles. The molecule has 2 aromatic carbocycles. The second kappa shape index (κ2) is 8.32. The highest BCUT2D eigenvalue weighted by Crippen LogP contribution is 2.30. The average molecular weight is 417 g/mol. The van der Waals surface area contributed by atoms with Gasteiger partial charge in [0.25, 0.3) is 0 Å². The molecule has 0 spiro atoms. The van der Waals surface area contributed by atoms with E-state index in [0.717, 1.165) is 47.0 Å². The molecule has 6 nitrogen and oxygen atoms in total. The molecule has 0 atom stereocenters. The summed E-state index contributed by atoms with van der Waals surface area (Å²) in [4.78, 5) is 11.0. The number of nitriles is 1. The van der Waals surface area contributed by atoms with E-state index < -0.39 is 12.3 Å². The maximum absolute atomic E-state index is 13.3. The van der Waals surface area contributed by atoms with E-state index in [1.54, 1.807) is 32.3 Å². The first-order valence-corrected chi connectivity index (χ1v) is 10.2. The molecule has 0 fully saturated rings. The van der Waals surface area contributed by atoms with Gasteiger partial charge in [-0.3, -0.25) is 0 Å². The summed E-state index contributed by atoms with van der Waals surface area (Å²) in [6, 6.07) is 14.9. The Hall–Kier alpha value is -3.50. The minimum atomic E-state index is -0.885. The summed E-state index contributed by atoms with van der Waals surface area (Å²) in [7, 11) is 0. The summed E-state index contributed by atoms with van der Waals surface area (Å²) in [6.07, 6.45) is 2.28. The van der Waals surface area contributed by atoms with Crippen molar-refractivity contribution in [2.45, 2.75) is 39.1 Å². The third-order valence-corrected chi connectivity index (χ3v) is 5.58. The van der Waals surface area contributed by atoms with Crippen LogP contribution in [0.5, 0.6) is 0 Å². The molecule has 1 aromatic heterocycles. The predicted octanol–water partition coefficient (Wildman–Crippen LogP) is 4.35. The normalized spacial score (nSPS) is 13.5. The van der Waals surface area contributed by atoms with Gasteiger partial charge in [0.1, 0.15) is 18.8 Å². The molecule has 2 N–H and O–H groups in total. The average Bonchev–Trinajstić information content (AvgIpc) is 2.78. The van der Waals surface area contributed by atoms with Crippen LogP contribution in [-0.4, -0.2) is 21.6 Å². The van der Waals surface area contributed by atoms with Crippen molar-refractivity contribution in [3.05, 3.63) is 76.7 Å². The van der Waals surface area contributed by atoms with Gasteiger partial charge in [-0.2, -0.15) is 5.26 Å². The van der Waals surface area contributed by atoms with Gasteiger partial charge in [-0.1, -0.05) is 12.1 Å². The molecule has 0 bridgehead atoms. The lowest BCUT2D eigenvalue weighted by Gasteiger charge is -2.31. The third kappa shape index (κ3) is 4.35. The highest BCUT2D eigenvalue weighted by molar-refractivity contribution is 5.62. The molecule has 158 valence electrons. The van der Waals surface area contributed by atoms with Gasteiger partial charge in [0.15, 0.2) is 0 Å². The van der Waals surface area contributed by atoms with Crippen molar-refractivity contribution < 1.29 is 9.50 Å². The topological polar surface area (TPSA) is 85.1 Å². The van der Waals surface area contributed by atoms with E-state index in [0.29, 0.717) is 17.7 Å². The first-order valence-electron chi connectivity index (χ1n) is 10.2. The Kier molecular flexibility index (Phi) is 5.57. The summed E-state index contributed by atoms with van der Waals surface area (Å²) in [5, 5.41) is 22.6. The van der Waals surface area contributed by atoms with Gasteiger partial charge in [0.05, 0.1) is 29.5 Å².